The summed E-state index contributed by atoms with van der Waals surface area (Å²) in [4.78, 5) is 0. The van der Waals surface area contributed by atoms with E-state index in [2.05, 4.69) is 0 Å². The Bertz CT molecular complexity index is 84.5. The summed E-state index contributed by atoms with van der Waals surface area (Å²) in [5.74, 6) is 0. The Balaban J connectivity index is 1.46. The van der Waals surface area contributed by atoms with E-state index in [4.69, 9.17) is 14.2 Å². The van der Waals surface area contributed by atoms with E-state index < -0.39 is 0 Å². The lowest BCUT2D eigenvalue weighted by Gasteiger charge is -1.95. The van der Waals surface area contributed by atoms with E-state index in [-0.39, 0.29) is 0 Å². The Morgan fingerprint density at radius 2 is 1.56 bits per heavy atom. The number of hydrogen-bond acceptors (Lipinski definition) is 3. The van der Waals surface area contributed by atoms with Crippen molar-refractivity contribution >= 4 is 0 Å². The minimum Gasteiger partial charge on any atom is -0.376 e. The van der Waals surface area contributed by atoms with Gasteiger partial charge in [-0.05, 0) is 0 Å². The Morgan fingerprint density at radius 3 is 1.89 bits per heavy atom. The molecule has 3 heteroatoms. The van der Waals surface area contributed by atoms with Gasteiger partial charge in [0.1, 0.15) is 12.2 Å². The van der Waals surface area contributed by atoms with Crippen LogP contribution in [0.4, 0.5) is 0 Å². The summed E-state index contributed by atoms with van der Waals surface area (Å²) in [7, 11) is 0. The first kappa shape index (κ1) is 5.65. The topological polar surface area (TPSA) is 34.3 Å². The Kier molecular flexibility index (Phi) is 1.41. The molecule has 2 aliphatic heterocycles. The number of ether oxygens (including phenoxy) is 3. The summed E-state index contributed by atoms with van der Waals surface area (Å²) in [5.41, 5.74) is 0. The normalized spacial score (nSPS) is 38.7. The van der Waals surface area contributed by atoms with Gasteiger partial charge in [0.05, 0.1) is 26.4 Å². The monoisotopic (exact) mass is 130 g/mol. The van der Waals surface area contributed by atoms with Crippen LogP contribution in [0.25, 0.3) is 0 Å². The van der Waals surface area contributed by atoms with E-state index >= 15 is 0 Å². The quantitative estimate of drug-likeness (QED) is 0.494. The van der Waals surface area contributed by atoms with E-state index in [9.17, 15) is 0 Å². The number of rotatable bonds is 4. The van der Waals surface area contributed by atoms with Crippen LogP contribution in [0.1, 0.15) is 0 Å². The average Bonchev–Trinajstić information content (AvgIpc) is 2.57. The van der Waals surface area contributed by atoms with Gasteiger partial charge in [0.2, 0.25) is 0 Å². The Labute approximate surface area is 53.9 Å². The molecule has 0 amide bonds. The molecule has 0 N–H and O–H groups in total. The van der Waals surface area contributed by atoms with Crippen molar-refractivity contribution in [1.29, 1.82) is 0 Å². The zero-order chi connectivity index (χ0) is 6.10. The van der Waals surface area contributed by atoms with Crippen LogP contribution in [0.3, 0.4) is 0 Å². The predicted molar refractivity (Wildman–Crippen MR) is 30.3 cm³/mol. The van der Waals surface area contributed by atoms with E-state index in [1.54, 1.807) is 0 Å². The van der Waals surface area contributed by atoms with Crippen molar-refractivity contribution < 1.29 is 14.2 Å². The van der Waals surface area contributed by atoms with Crippen molar-refractivity contribution in [2.75, 3.05) is 26.4 Å². The van der Waals surface area contributed by atoms with Crippen molar-refractivity contribution in [3.63, 3.8) is 0 Å². The second-order valence-corrected chi connectivity index (χ2v) is 2.45. The average molecular weight is 130 g/mol. The molecule has 0 aromatic carbocycles. The largest absolute Gasteiger partial charge is 0.376 e. The molecule has 0 aromatic heterocycles. The summed E-state index contributed by atoms with van der Waals surface area (Å²) in [6.45, 7) is 3.26. The molecular formula is C6H10O3. The lowest BCUT2D eigenvalue weighted by molar-refractivity contribution is 0.102. The maximum absolute atomic E-state index is 5.23. The SMILES string of the molecule is C(OC[C@@H]1CO1)C1CO1. The Morgan fingerprint density at radius 1 is 1.11 bits per heavy atom. The summed E-state index contributed by atoms with van der Waals surface area (Å²) in [6, 6.07) is 0. The van der Waals surface area contributed by atoms with Crippen LogP contribution in [0.15, 0.2) is 0 Å². The van der Waals surface area contributed by atoms with Gasteiger partial charge in [-0.1, -0.05) is 0 Å². The minimum absolute atomic E-state index is 0.392. The second kappa shape index (κ2) is 2.25. The molecule has 52 valence electrons. The van der Waals surface area contributed by atoms with Crippen LogP contribution in [0.2, 0.25) is 0 Å². The van der Waals surface area contributed by atoms with Crippen LogP contribution in [0.5, 0.6) is 0 Å². The van der Waals surface area contributed by atoms with E-state index in [0.717, 1.165) is 26.4 Å². The molecule has 0 saturated carbocycles. The molecule has 2 aliphatic rings. The maximum atomic E-state index is 5.23. The van der Waals surface area contributed by atoms with Crippen LogP contribution >= 0.6 is 0 Å². The minimum atomic E-state index is 0.392. The maximum Gasteiger partial charge on any atom is 0.104 e. The van der Waals surface area contributed by atoms with Crippen LogP contribution in [-0.4, -0.2) is 38.6 Å². The van der Waals surface area contributed by atoms with Gasteiger partial charge in [-0.3, -0.25) is 0 Å². The van der Waals surface area contributed by atoms with Gasteiger partial charge in [-0.25, -0.2) is 0 Å². The fraction of sp³-hybridized carbons (Fsp3) is 1.00. The summed E-state index contributed by atoms with van der Waals surface area (Å²) >= 11 is 0. The zero-order valence-corrected chi connectivity index (χ0v) is 5.21. The molecule has 2 fully saturated rings. The molecule has 0 bridgehead atoms. The van der Waals surface area contributed by atoms with Gasteiger partial charge in [0, 0.05) is 0 Å². The first-order valence-electron chi connectivity index (χ1n) is 3.26. The summed E-state index contributed by atoms with van der Waals surface area (Å²) < 4.78 is 15.1. The summed E-state index contributed by atoms with van der Waals surface area (Å²) in [6.07, 6.45) is 0.785. The highest BCUT2D eigenvalue weighted by Gasteiger charge is 2.26. The molecule has 2 rings (SSSR count). The fourth-order valence-electron chi connectivity index (χ4n) is 0.659. The van der Waals surface area contributed by atoms with Crippen molar-refractivity contribution in [2.45, 2.75) is 12.2 Å². The van der Waals surface area contributed by atoms with Crippen LogP contribution in [0, 0.1) is 0 Å². The molecule has 9 heavy (non-hydrogen) atoms. The van der Waals surface area contributed by atoms with Gasteiger partial charge in [0.15, 0.2) is 0 Å². The van der Waals surface area contributed by atoms with Crippen molar-refractivity contribution in [3.8, 4) is 0 Å². The highest BCUT2D eigenvalue weighted by molar-refractivity contribution is 4.71. The van der Waals surface area contributed by atoms with Gasteiger partial charge < -0.3 is 14.2 Å². The van der Waals surface area contributed by atoms with Gasteiger partial charge in [0.25, 0.3) is 0 Å². The molecule has 2 heterocycles. The molecule has 1 unspecified atom stereocenters. The standard InChI is InChI=1S/C6H10O3/c1(5-3-8-5)7-2-6-4-9-6/h5-6H,1-4H2/t5-,6?/m1/s1. The number of hydrogen-bond donors (Lipinski definition) is 0. The summed E-state index contributed by atoms with van der Waals surface area (Å²) in [5, 5.41) is 0. The third-order valence-corrected chi connectivity index (χ3v) is 1.41. The fourth-order valence-corrected chi connectivity index (χ4v) is 0.659. The lowest BCUT2D eigenvalue weighted by atomic mass is 10.5. The lowest BCUT2D eigenvalue weighted by Crippen LogP contribution is -2.06. The van der Waals surface area contributed by atoms with Gasteiger partial charge >= 0.3 is 0 Å². The molecule has 0 aliphatic carbocycles. The van der Waals surface area contributed by atoms with Crippen molar-refractivity contribution in [2.24, 2.45) is 0 Å². The third-order valence-electron chi connectivity index (χ3n) is 1.41. The first-order chi connectivity index (χ1) is 4.45. The first-order valence-corrected chi connectivity index (χ1v) is 3.26. The zero-order valence-electron chi connectivity index (χ0n) is 5.21. The smallest absolute Gasteiger partial charge is 0.104 e. The van der Waals surface area contributed by atoms with Crippen molar-refractivity contribution in [1.82, 2.24) is 0 Å². The van der Waals surface area contributed by atoms with Crippen LogP contribution in [-0.2, 0) is 14.2 Å². The second-order valence-electron chi connectivity index (χ2n) is 2.45. The molecular weight excluding hydrogens is 120 g/mol. The molecule has 3 nitrogen and oxygen atoms in total. The molecule has 2 atom stereocenters. The number of epoxide rings is 2. The van der Waals surface area contributed by atoms with E-state index in [0.29, 0.717) is 12.2 Å². The van der Waals surface area contributed by atoms with E-state index in [1.807, 2.05) is 0 Å². The van der Waals surface area contributed by atoms with Crippen molar-refractivity contribution in [3.05, 3.63) is 0 Å². The molecule has 0 aromatic rings. The van der Waals surface area contributed by atoms with Crippen LogP contribution < -0.4 is 0 Å². The predicted octanol–water partition coefficient (Wildman–Crippen LogP) is -0.199. The van der Waals surface area contributed by atoms with Gasteiger partial charge in [-0.15, -0.1) is 0 Å². The molecule has 0 radical (unpaired) electrons. The Hall–Kier alpha value is -0.120. The highest BCUT2D eigenvalue weighted by Crippen LogP contribution is 2.12. The highest BCUT2D eigenvalue weighted by atomic mass is 16.6. The third kappa shape index (κ3) is 1.93. The van der Waals surface area contributed by atoms with Gasteiger partial charge in [-0.2, -0.15) is 0 Å². The van der Waals surface area contributed by atoms with E-state index in [1.165, 1.54) is 0 Å². The molecule has 0 spiro atoms. The molecule has 2 saturated heterocycles.